The van der Waals surface area contributed by atoms with E-state index in [1.807, 2.05) is 0 Å². The molecule has 0 rings (SSSR count). The van der Waals surface area contributed by atoms with Gasteiger partial charge in [0, 0.05) is 13.1 Å². The number of carboxylic acids is 1. The van der Waals surface area contributed by atoms with Crippen LogP contribution >= 0.6 is 0 Å². The largest absolute Gasteiger partial charge is 0.480 e. The number of primary amides is 1. The molecule has 92 valence electrons. The van der Waals surface area contributed by atoms with Crippen molar-refractivity contribution in [3.05, 3.63) is 0 Å². The number of carboxylic acid groups (broad SMARTS) is 1. The van der Waals surface area contributed by atoms with Crippen LogP contribution < -0.4 is 5.73 Å². The second-order valence-corrected chi connectivity index (χ2v) is 3.72. The maximum atomic E-state index is 11.7. The van der Waals surface area contributed by atoms with Crippen molar-refractivity contribution in [1.82, 2.24) is 9.80 Å². The van der Waals surface area contributed by atoms with E-state index in [1.165, 1.54) is 11.9 Å². The lowest BCUT2D eigenvalue weighted by atomic mass is 10.3. The number of nitrogens with zero attached hydrogens (tertiary/aromatic N) is 2. The minimum absolute atomic E-state index is 0.222. The van der Waals surface area contributed by atoms with Gasteiger partial charge in [-0.15, -0.1) is 0 Å². The molecule has 0 bridgehead atoms. The fraction of sp³-hybridized carbons (Fsp3) is 0.667. The first kappa shape index (κ1) is 14.2. The number of rotatable bonds is 5. The van der Waals surface area contributed by atoms with Crippen LogP contribution in [0, 0.1) is 0 Å². The first-order valence-electron chi connectivity index (χ1n) is 4.77. The van der Waals surface area contributed by atoms with Gasteiger partial charge >= 0.3 is 12.0 Å². The van der Waals surface area contributed by atoms with Crippen LogP contribution in [0.1, 0.15) is 13.8 Å². The van der Waals surface area contributed by atoms with Crippen molar-refractivity contribution in [2.24, 2.45) is 5.73 Å². The highest BCUT2D eigenvalue weighted by Crippen LogP contribution is 2.02. The van der Waals surface area contributed by atoms with Crippen molar-refractivity contribution < 1.29 is 19.5 Å². The number of aliphatic carboxylic acids is 1. The summed E-state index contributed by atoms with van der Waals surface area (Å²) in [6, 6.07) is -0.757. The van der Waals surface area contributed by atoms with E-state index in [0.29, 0.717) is 0 Å². The third-order valence-corrected chi connectivity index (χ3v) is 1.89. The van der Waals surface area contributed by atoms with Crippen LogP contribution in [-0.4, -0.2) is 59.0 Å². The maximum absolute atomic E-state index is 11.7. The van der Waals surface area contributed by atoms with Crippen LogP contribution in [0.5, 0.6) is 0 Å². The van der Waals surface area contributed by atoms with Gasteiger partial charge in [-0.2, -0.15) is 0 Å². The fourth-order valence-electron chi connectivity index (χ4n) is 1.13. The second-order valence-electron chi connectivity index (χ2n) is 3.72. The lowest BCUT2D eigenvalue weighted by Crippen LogP contribution is -2.49. The van der Waals surface area contributed by atoms with E-state index in [0.717, 1.165) is 4.90 Å². The zero-order chi connectivity index (χ0) is 12.9. The van der Waals surface area contributed by atoms with Gasteiger partial charge in [-0.1, -0.05) is 0 Å². The predicted molar refractivity (Wildman–Crippen MR) is 56.7 cm³/mol. The molecule has 16 heavy (non-hydrogen) atoms. The van der Waals surface area contributed by atoms with Gasteiger partial charge in [-0.05, 0) is 13.8 Å². The van der Waals surface area contributed by atoms with Crippen molar-refractivity contribution in [1.29, 1.82) is 0 Å². The summed E-state index contributed by atoms with van der Waals surface area (Å²) in [7, 11) is 1.35. The van der Waals surface area contributed by atoms with Gasteiger partial charge in [0.05, 0.1) is 0 Å². The van der Waals surface area contributed by atoms with Crippen molar-refractivity contribution in [3.63, 3.8) is 0 Å². The summed E-state index contributed by atoms with van der Waals surface area (Å²) in [6.45, 7) is 2.80. The molecule has 0 atom stereocenters. The molecule has 3 amide bonds. The molecule has 0 radical (unpaired) electrons. The van der Waals surface area contributed by atoms with Crippen LogP contribution in [0.15, 0.2) is 0 Å². The van der Waals surface area contributed by atoms with Crippen molar-refractivity contribution >= 4 is 17.9 Å². The molecule has 3 N–H and O–H groups in total. The topological polar surface area (TPSA) is 104 Å². The number of hydrogen-bond donors (Lipinski definition) is 2. The molecule has 0 saturated carbocycles. The number of carbonyl (C=O) groups excluding carboxylic acids is 2. The molecule has 7 heteroatoms. The number of likely N-dealkylation sites (N-methyl/N-ethyl adjacent to an activating group) is 1. The molecule has 0 unspecified atom stereocenters. The second kappa shape index (κ2) is 5.94. The summed E-state index contributed by atoms with van der Waals surface area (Å²) in [4.78, 5) is 35.2. The van der Waals surface area contributed by atoms with Gasteiger partial charge in [0.1, 0.15) is 13.1 Å². The van der Waals surface area contributed by atoms with Crippen molar-refractivity contribution in [3.8, 4) is 0 Å². The van der Waals surface area contributed by atoms with Crippen LogP contribution in [0.25, 0.3) is 0 Å². The van der Waals surface area contributed by atoms with Gasteiger partial charge < -0.3 is 20.6 Å². The molecule has 0 aliphatic carbocycles. The first-order chi connectivity index (χ1) is 7.25. The monoisotopic (exact) mass is 231 g/mol. The molecule has 0 spiro atoms. The Kier molecular flexibility index (Phi) is 5.27. The molecule has 0 aromatic carbocycles. The molecule has 0 aliphatic heterocycles. The molecule has 0 aromatic rings. The molecule has 0 heterocycles. The number of urea groups is 1. The third-order valence-electron chi connectivity index (χ3n) is 1.89. The van der Waals surface area contributed by atoms with E-state index >= 15 is 0 Å². The highest BCUT2D eigenvalue weighted by molar-refractivity contribution is 5.85. The first-order valence-corrected chi connectivity index (χ1v) is 4.77. The predicted octanol–water partition coefficient (Wildman–Crippen LogP) is -0.681. The van der Waals surface area contributed by atoms with E-state index in [4.69, 9.17) is 10.8 Å². The van der Waals surface area contributed by atoms with Gasteiger partial charge in [0.25, 0.3) is 0 Å². The summed E-state index contributed by atoms with van der Waals surface area (Å²) in [5.41, 5.74) is 5.00. The quantitative estimate of drug-likeness (QED) is 0.654. The van der Waals surface area contributed by atoms with E-state index in [-0.39, 0.29) is 12.6 Å². The Bertz CT molecular complexity index is 290. The Morgan fingerprint density at radius 2 is 1.75 bits per heavy atom. The SMILES string of the molecule is CC(C)N(CC(N)=O)C(=O)N(C)CC(=O)O. The molecular formula is C9H17N3O4. The average molecular weight is 231 g/mol. The van der Waals surface area contributed by atoms with Gasteiger partial charge in [0.15, 0.2) is 0 Å². The molecular weight excluding hydrogens is 214 g/mol. The van der Waals surface area contributed by atoms with Crippen molar-refractivity contribution in [2.75, 3.05) is 20.1 Å². The van der Waals surface area contributed by atoms with Crippen LogP contribution in [0.2, 0.25) is 0 Å². The van der Waals surface area contributed by atoms with Crippen molar-refractivity contribution in [2.45, 2.75) is 19.9 Å². The summed E-state index contributed by atoms with van der Waals surface area (Å²) < 4.78 is 0. The summed E-state index contributed by atoms with van der Waals surface area (Å²) >= 11 is 0. The minimum Gasteiger partial charge on any atom is -0.480 e. The average Bonchev–Trinajstić information content (AvgIpc) is 2.11. The van der Waals surface area contributed by atoms with Crippen LogP contribution in [0.4, 0.5) is 4.79 Å². The normalized spacial score (nSPS) is 10.0. The van der Waals surface area contributed by atoms with E-state index in [1.54, 1.807) is 13.8 Å². The third kappa shape index (κ3) is 4.63. The molecule has 0 saturated heterocycles. The van der Waals surface area contributed by atoms with Gasteiger partial charge in [-0.25, -0.2) is 4.79 Å². The summed E-state index contributed by atoms with van der Waals surface area (Å²) in [5.74, 6) is -1.75. The van der Waals surface area contributed by atoms with Crippen LogP contribution in [0.3, 0.4) is 0 Å². The zero-order valence-corrected chi connectivity index (χ0v) is 9.64. The van der Waals surface area contributed by atoms with Crippen LogP contribution in [-0.2, 0) is 9.59 Å². The van der Waals surface area contributed by atoms with Gasteiger partial charge in [-0.3, -0.25) is 9.59 Å². The van der Waals surface area contributed by atoms with E-state index < -0.39 is 24.5 Å². The molecule has 7 nitrogen and oxygen atoms in total. The standard InChI is InChI=1S/C9H17N3O4/c1-6(2)12(4-7(10)13)9(16)11(3)5-8(14)15/h6H,4-5H2,1-3H3,(H2,10,13)(H,14,15). The summed E-state index contributed by atoms with van der Waals surface area (Å²) in [6.07, 6.45) is 0. The number of nitrogens with two attached hydrogens (primary N) is 1. The zero-order valence-electron chi connectivity index (χ0n) is 9.64. The summed E-state index contributed by atoms with van der Waals surface area (Å²) in [5, 5.41) is 8.53. The molecule has 0 fully saturated rings. The number of carbonyl (C=O) groups is 3. The highest BCUT2D eigenvalue weighted by Gasteiger charge is 2.23. The number of hydrogen-bond acceptors (Lipinski definition) is 3. The maximum Gasteiger partial charge on any atom is 0.323 e. The smallest absolute Gasteiger partial charge is 0.323 e. The highest BCUT2D eigenvalue weighted by atomic mass is 16.4. The Hall–Kier alpha value is -1.79. The Labute approximate surface area is 93.8 Å². The van der Waals surface area contributed by atoms with E-state index in [2.05, 4.69) is 0 Å². The minimum atomic E-state index is -1.11. The lowest BCUT2D eigenvalue weighted by Gasteiger charge is -2.29. The fourth-order valence-corrected chi connectivity index (χ4v) is 1.13. The van der Waals surface area contributed by atoms with E-state index in [9.17, 15) is 14.4 Å². The number of amides is 3. The Morgan fingerprint density at radius 1 is 1.25 bits per heavy atom. The molecule has 0 aliphatic rings. The lowest BCUT2D eigenvalue weighted by molar-refractivity contribution is -0.137. The molecule has 0 aromatic heterocycles. The Morgan fingerprint density at radius 3 is 2.06 bits per heavy atom. The van der Waals surface area contributed by atoms with Gasteiger partial charge in [0.2, 0.25) is 5.91 Å². The Balaban J connectivity index is 4.60.